The highest BCUT2D eigenvalue weighted by Crippen LogP contribution is 2.44. The minimum atomic E-state index is -0.175. The van der Waals surface area contributed by atoms with Gasteiger partial charge in [-0.3, -0.25) is 9.59 Å². The zero-order valence-corrected chi connectivity index (χ0v) is 18.5. The highest BCUT2D eigenvalue weighted by atomic mass is 35.5. The van der Waals surface area contributed by atoms with E-state index in [4.69, 9.17) is 11.6 Å². The first-order valence-corrected chi connectivity index (χ1v) is 11.6. The van der Waals surface area contributed by atoms with Crippen molar-refractivity contribution in [2.24, 2.45) is 5.92 Å². The SMILES string of the molecule is C[C@@H](NC(=O)c1c(Cl)ccc2c1C1CC3NCCCC3C(=O)N1CC2)c1ccccc1. The first kappa shape index (κ1) is 20.5. The lowest BCUT2D eigenvalue weighted by molar-refractivity contribution is -0.145. The third-order valence-electron chi connectivity index (χ3n) is 7.15. The van der Waals surface area contributed by atoms with Gasteiger partial charge < -0.3 is 15.5 Å². The van der Waals surface area contributed by atoms with E-state index in [0.717, 1.165) is 48.9 Å². The van der Waals surface area contributed by atoms with Crippen molar-refractivity contribution in [3.8, 4) is 0 Å². The lowest BCUT2D eigenvalue weighted by Gasteiger charge is -2.49. The molecule has 2 aromatic carbocycles. The highest BCUT2D eigenvalue weighted by molar-refractivity contribution is 6.34. The monoisotopic (exact) mass is 437 g/mol. The molecule has 4 atom stereocenters. The number of hydrogen-bond donors (Lipinski definition) is 2. The normalized spacial score (nSPS) is 25.8. The van der Waals surface area contributed by atoms with E-state index < -0.39 is 0 Å². The van der Waals surface area contributed by atoms with Crippen molar-refractivity contribution in [2.45, 2.75) is 50.7 Å². The third kappa shape index (κ3) is 3.64. The molecule has 0 spiro atoms. The lowest BCUT2D eigenvalue weighted by Crippen LogP contribution is -2.58. The summed E-state index contributed by atoms with van der Waals surface area (Å²) in [5, 5.41) is 7.12. The number of amides is 2. The third-order valence-corrected chi connectivity index (χ3v) is 7.47. The van der Waals surface area contributed by atoms with Crippen LogP contribution in [0, 0.1) is 5.92 Å². The molecule has 2 saturated heterocycles. The summed E-state index contributed by atoms with van der Waals surface area (Å²) in [7, 11) is 0. The quantitative estimate of drug-likeness (QED) is 0.762. The summed E-state index contributed by atoms with van der Waals surface area (Å²) in [5.41, 5.74) is 3.64. The molecule has 3 unspecified atom stereocenters. The van der Waals surface area contributed by atoms with Crippen LogP contribution in [0.5, 0.6) is 0 Å². The molecule has 0 radical (unpaired) electrons. The molecule has 0 aromatic heterocycles. The number of carbonyl (C=O) groups excluding carboxylic acids is 2. The van der Waals surface area contributed by atoms with Crippen molar-refractivity contribution in [1.29, 1.82) is 0 Å². The fraction of sp³-hybridized carbons (Fsp3) is 0.440. The number of halogens is 1. The zero-order valence-electron chi connectivity index (χ0n) is 17.7. The summed E-state index contributed by atoms with van der Waals surface area (Å²) in [5.74, 6) is 0.107. The molecule has 0 aliphatic carbocycles. The van der Waals surface area contributed by atoms with Gasteiger partial charge in [-0.2, -0.15) is 0 Å². The number of nitrogens with zero attached hydrogens (tertiary/aromatic N) is 1. The van der Waals surface area contributed by atoms with Gasteiger partial charge in [0.1, 0.15) is 0 Å². The van der Waals surface area contributed by atoms with Crippen LogP contribution in [-0.4, -0.2) is 35.8 Å². The number of fused-ring (bicyclic) bond motifs is 4. The Balaban J connectivity index is 1.49. The fourth-order valence-electron chi connectivity index (χ4n) is 5.57. The number of hydrogen-bond acceptors (Lipinski definition) is 3. The minimum absolute atomic E-state index is 0.0566. The van der Waals surface area contributed by atoms with E-state index in [-0.39, 0.29) is 35.9 Å². The van der Waals surface area contributed by atoms with Gasteiger partial charge in [-0.1, -0.05) is 48.0 Å². The maximum Gasteiger partial charge on any atom is 0.253 e. The Morgan fingerprint density at radius 3 is 2.84 bits per heavy atom. The second kappa shape index (κ2) is 8.29. The standard InChI is InChI=1S/C25H28ClN3O2/c1-15(16-6-3-2-4-7-16)28-24(30)23-19(26)10-9-17-11-13-29-21(22(17)23)14-20-18(25(29)31)8-5-12-27-20/h2-4,6-7,9-10,15,18,20-21,27H,5,8,11-14H2,1H3,(H,28,30)/t15-,18?,20?,21?/m1/s1. The summed E-state index contributed by atoms with van der Waals surface area (Å²) in [4.78, 5) is 28.7. The summed E-state index contributed by atoms with van der Waals surface area (Å²) in [6, 6.07) is 13.7. The van der Waals surface area contributed by atoms with Gasteiger partial charge in [0.15, 0.2) is 0 Å². The molecule has 3 aliphatic rings. The molecule has 0 saturated carbocycles. The number of rotatable bonds is 3. The van der Waals surface area contributed by atoms with Crippen LogP contribution in [-0.2, 0) is 11.2 Å². The molecule has 5 rings (SSSR count). The predicted octanol–water partition coefficient (Wildman–Crippen LogP) is 4.03. The van der Waals surface area contributed by atoms with Crippen molar-refractivity contribution < 1.29 is 9.59 Å². The number of carbonyl (C=O) groups is 2. The van der Waals surface area contributed by atoms with Crippen molar-refractivity contribution in [3.63, 3.8) is 0 Å². The topological polar surface area (TPSA) is 61.4 Å². The fourth-order valence-corrected chi connectivity index (χ4v) is 5.82. The van der Waals surface area contributed by atoms with Crippen LogP contribution in [0.1, 0.15) is 65.3 Å². The van der Waals surface area contributed by atoms with Gasteiger partial charge in [-0.25, -0.2) is 0 Å². The molecule has 2 fully saturated rings. The smallest absolute Gasteiger partial charge is 0.253 e. The van der Waals surface area contributed by atoms with Gasteiger partial charge >= 0.3 is 0 Å². The van der Waals surface area contributed by atoms with Crippen LogP contribution in [0.25, 0.3) is 0 Å². The van der Waals surface area contributed by atoms with Crippen molar-refractivity contribution in [1.82, 2.24) is 15.5 Å². The highest BCUT2D eigenvalue weighted by Gasteiger charge is 2.46. The molecular formula is C25H28ClN3O2. The number of nitrogens with one attached hydrogen (secondary N) is 2. The largest absolute Gasteiger partial charge is 0.345 e. The van der Waals surface area contributed by atoms with E-state index >= 15 is 0 Å². The summed E-state index contributed by atoms with van der Waals surface area (Å²) in [6.45, 7) is 3.64. The Hall–Kier alpha value is -2.37. The molecular weight excluding hydrogens is 410 g/mol. The molecule has 3 heterocycles. The lowest BCUT2D eigenvalue weighted by atomic mass is 9.76. The summed E-state index contributed by atoms with van der Waals surface area (Å²) < 4.78 is 0. The van der Waals surface area contributed by atoms with Crippen LogP contribution in [0.15, 0.2) is 42.5 Å². The Kier molecular flexibility index (Phi) is 5.49. The molecule has 2 aromatic rings. The number of piperidine rings is 2. The van der Waals surface area contributed by atoms with Crippen molar-refractivity contribution in [3.05, 3.63) is 69.7 Å². The van der Waals surface area contributed by atoms with Gasteiger partial charge in [-0.05, 0) is 61.9 Å². The maximum atomic E-state index is 13.4. The first-order valence-electron chi connectivity index (χ1n) is 11.3. The van der Waals surface area contributed by atoms with E-state index in [0.29, 0.717) is 17.1 Å². The van der Waals surface area contributed by atoms with E-state index in [1.54, 1.807) is 0 Å². The van der Waals surface area contributed by atoms with Crippen LogP contribution < -0.4 is 10.6 Å². The van der Waals surface area contributed by atoms with Gasteiger partial charge in [0.05, 0.1) is 28.6 Å². The molecule has 2 amide bonds. The zero-order chi connectivity index (χ0) is 21.5. The summed E-state index contributed by atoms with van der Waals surface area (Å²) in [6.07, 6.45) is 3.58. The minimum Gasteiger partial charge on any atom is -0.345 e. The second-order valence-electron chi connectivity index (χ2n) is 8.94. The van der Waals surface area contributed by atoms with Crippen LogP contribution >= 0.6 is 11.6 Å². The van der Waals surface area contributed by atoms with Gasteiger partial charge in [0, 0.05) is 12.6 Å². The molecule has 162 valence electrons. The average Bonchev–Trinajstić information content (AvgIpc) is 2.79. The Bertz CT molecular complexity index is 1010. The Labute approximate surface area is 188 Å². The molecule has 31 heavy (non-hydrogen) atoms. The van der Waals surface area contributed by atoms with E-state index in [2.05, 4.69) is 10.6 Å². The molecule has 3 aliphatic heterocycles. The van der Waals surface area contributed by atoms with Gasteiger partial charge in [-0.15, -0.1) is 0 Å². The molecule has 0 bridgehead atoms. The van der Waals surface area contributed by atoms with Crippen molar-refractivity contribution in [2.75, 3.05) is 13.1 Å². The summed E-state index contributed by atoms with van der Waals surface area (Å²) >= 11 is 6.61. The average molecular weight is 438 g/mol. The number of benzene rings is 2. The maximum absolute atomic E-state index is 13.4. The second-order valence-corrected chi connectivity index (χ2v) is 9.35. The van der Waals surface area contributed by atoms with E-state index in [9.17, 15) is 9.59 Å². The van der Waals surface area contributed by atoms with E-state index in [1.807, 2.05) is 54.3 Å². The molecule has 6 heteroatoms. The molecule has 5 nitrogen and oxygen atoms in total. The Morgan fingerprint density at radius 1 is 1.23 bits per heavy atom. The van der Waals surface area contributed by atoms with E-state index in [1.165, 1.54) is 0 Å². The molecule has 2 N–H and O–H groups in total. The van der Waals surface area contributed by atoms with Crippen LogP contribution in [0.2, 0.25) is 5.02 Å². The van der Waals surface area contributed by atoms with Crippen LogP contribution in [0.4, 0.5) is 0 Å². The van der Waals surface area contributed by atoms with Gasteiger partial charge in [0.2, 0.25) is 5.91 Å². The Morgan fingerprint density at radius 2 is 2.03 bits per heavy atom. The van der Waals surface area contributed by atoms with Crippen LogP contribution in [0.3, 0.4) is 0 Å². The van der Waals surface area contributed by atoms with Crippen molar-refractivity contribution >= 4 is 23.4 Å². The van der Waals surface area contributed by atoms with Gasteiger partial charge in [0.25, 0.3) is 5.91 Å². The first-order chi connectivity index (χ1) is 15.0. The predicted molar refractivity (Wildman–Crippen MR) is 121 cm³/mol.